The van der Waals surface area contributed by atoms with E-state index >= 15 is 0 Å². The summed E-state index contributed by atoms with van der Waals surface area (Å²) in [6, 6.07) is 3.41. The summed E-state index contributed by atoms with van der Waals surface area (Å²) in [4.78, 5) is 38.7. The standard InChI is InChI=1S/C17H20F3N3O3/c1-11(21-12(2)24)15(25)22-7-9-23(10-8-22)16(26)13-3-5-14(6-4-13)17(18,19)20/h3-6,11H,7-10H2,1-2H3,(H,21,24). The summed E-state index contributed by atoms with van der Waals surface area (Å²) in [5.74, 6) is -0.912. The Kier molecular flexibility index (Phi) is 5.89. The molecule has 1 aromatic carbocycles. The van der Waals surface area contributed by atoms with Gasteiger partial charge in [0.15, 0.2) is 0 Å². The lowest BCUT2D eigenvalue weighted by atomic mass is 10.1. The molecule has 1 heterocycles. The van der Waals surface area contributed by atoms with E-state index in [1.807, 2.05) is 0 Å². The number of alkyl halides is 3. The van der Waals surface area contributed by atoms with Crippen molar-refractivity contribution in [3.05, 3.63) is 35.4 Å². The molecule has 1 fully saturated rings. The number of nitrogens with zero attached hydrogens (tertiary/aromatic N) is 2. The average molecular weight is 371 g/mol. The van der Waals surface area contributed by atoms with Crippen molar-refractivity contribution in [1.82, 2.24) is 15.1 Å². The number of benzene rings is 1. The van der Waals surface area contributed by atoms with Gasteiger partial charge in [-0.15, -0.1) is 0 Å². The molecule has 9 heteroatoms. The zero-order valence-corrected chi connectivity index (χ0v) is 14.5. The number of amides is 3. The molecule has 1 N–H and O–H groups in total. The fraction of sp³-hybridized carbons (Fsp3) is 0.471. The molecule has 1 aliphatic rings. The van der Waals surface area contributed by atoms with Gasteiger partial charge in [-0.05, 0) is 31.2 Å². The third-order valence-corrected chi connectivity index (χ3v) is 4.13. The summed E-state index contributed by atoms with van der Waals surface area (Å²) in [7, 11) is 0. The van der Waals surface area contributed by atoms with Crippen LogP contribution in [-0.4, -0.2) is 59.7 Å². The normalized spacial score (nSPS) is 16.2. The average Bonchev–Trinajstić information content (AvgIpc) is 2.59. The molecule has 0 aromatic heterocycles. The zero-order valence-electron chi connectivity index (χ0n) is 14.5. The van der Waals surface area contributed by atoms with Crippen LogP contribution in [0.1, 0.15) is 29.8 Å². The molecule has 0 radical (unpaired) electrons. The minimum atomic E-state index is -4.45. The summed E-state index contributed by atoms with van der Waals surface area (Å²) in [5, 5.41) is 2.51. The van der Waals surface area contributed by atoms with Crippen LogP contribution in [-0.2, 0) is 15.8 Å². The molecule has 1 unspecified atom stereocenters. The van der Waals surface area contributed by atoms with Crippen LogP contribution in [0.25, 0.3) is 0 Å². The molecule has 1 saturated heterocycles. The number of hydrogen-bond acceptors (Lipinski definition) is 3. The van der Waals surface area contributed by atoms with Crippen LogP contribution in [0.3, 0.4) is 0 Å². The summed E-state index contributed by atoms with van der Waals surface area (Å²) >= 11 is 0. The molecular formula is C17H20F3N3O3. The van der Waals surface area contributed by atoms with Gasteiger partial charge in [-0.25, -0.2) is 0 Å². The smallest absolute Gasteiger partial charge is 0.345 e. The molecular weight excluding hydrogens is 351 g/mol. The second-order valence-corrected chi connectivity index (χ2v) is 6.11. The first-order valence-electron chi connectivity index (χ1n) is 8.12. The van der Waals surface area contributed by atoms with Gasteiger partial charge in [-0.1, -0.05) is 0 Å². The third-order valence-electron chi connectivity index (χ3n) is 4.13. The maximum absolute atomic E-state index is 12.6. The Hall–Kier alpha value is -2.58. The largest absolute Gasteiger partial charge is 0.416 e. The zero-order chi connectivity index (χ0) is 19.5. The highest BCUT2D eigenvalue weighted by Gasteiger charge is 2.31. The van der Waals surface area contributed by atoms with E-state index in [2.05, 4.69) is 5.32 Å². The minimum absolute atomic E-state index is 0.171. The van der Waals surface area contributed by atoms with E-state index in [1.54, 1.807) is 11.8 Å². The molecule has 0 aliphatic carbocycles. The molecule has 2 rings (SSSR count). The molecule has 6 nitrogen and oxygen atoms in total. The van der Waals surface area contributed by atoms with E-state index in [-0.39, 0.29) is 36.4 Å². The number of halogens is 3. The van der Waals surface area contributed by atoms with Crippen molar-refractivity contribution in [2.75, 3.05) is 26.2 Å². The Balaban J connectivity index is 1.94. The van der Waals surface area contributed by atoms with Crippen molar-refractivity contribution in [2.24, 2.45) is 0 Å². The third kappa shape index (κ3) is 4.74. The SMILES string of the molecule is CC(=O)NC(C)C(=O)N1CCN(C(=O)c2ccc(C(F)(F)F)cc2)CC1. The first kappa shape index (κ1) is 19.7. The molecule has 1 aliphatic heterocycles. The van der Waals surface area contributed by atoms with Crippen LogP contribution in [0, 0.1) is 0 Å². The number of rotatable bonds is 3. The highest BCUT2D eigenvalue weighted by atomic mass is 19.4. The Bertz CT molecular complexity index is 681. The van der Waals surface area contributed by atoms with Crippen molar-refractivity contribution in [1.29, 1.82) is 0 Å². The second-order valence-electron chi connectivity index (χ2n) is 6.11. The summed E-state index contributed by atoms with van der Waals surface area (Å²) < 4.78 is 37.7. The van der Waals surface area contributed by atoms with Crippen LogP contribution in [0.5, 0.6) is 0 Å². The number of carbonyl (C=O) groups excluding carboxylic acids is 3. The fourth-order valence-electron chi connectivity index (χ4n) is 2.75. The highest BCUT2D eigenvalue weighted by molar-refractivity contribution is 5.94. The van der Waals surface area contributed by atoms with Crippen molar-refractivity contribution in [2.45, 2.75) is 26.1 Å². The lowest BCUT2D eigenvalue weighted by Gasteiger charge is -2.36. The Labute approximate surface area is 148 Å². The maximum Gasteiger partial charge on any atom is 0.416 e. The van der Waals surface area contributed by atoms with Crippen molar-refractivity contribution in [3.8, 4) is 0 Å². The second kappa shape index (κ2) is 7.76. The van der Waals surface area contributed by atoms with Gasteiger partial charge in [0.2, 0.25) is 11.8 Å². The Morgan fingerprint density at radius 1 is 1.00 bits per heavy atom. The van der Waals surface area contributed by atoms with Crippen molar-refractivity contribution in [3.63, 3.8) is 0 Å². The summed E-state index contributed by atoms with van der Waals surface area (Å²) in [6.07, 6.45) is -4.45. The van der Waals surface area contributed by atoms with Crippen LogP contribution < -0.4 is 5.32 Å². The first-order valence-corrected chi connectivity index (χ1v) is 8.12. The van der Waals surface area contributed by atoms with E-state index < -0.39 is 17.8 Å². The van der Waals surface area contributed by atoms with Gasteiger partial charge in [-0.2, -0.15) is 13.2 Å². The van der Waals surface area contributed by atoms with Gasteiger partial charge in [-0.3, -0.25) is 14.4 Å². The lowest BCUT2D eigenvalue weighted by molar-refractivity contribution is -0.137. The van der Waals surface area contributed by atoms with Crippen molar-refractivity contribution >= 4 is 17.7 Å². The molecule has 1 aromatic rings. The van der Waals surface area contributed by atoms with Gasteiger partial charge in [0.1, 0.15) is 6.04 Å². The van der Waals surface area contributed by atoms with Gasteiger partial charge in [0.05, 0.1) is 5.56 Å². The highest BCUT2D eigenvalue weighted by Crippen LogP contribution is 2.29. The van der Waals surface area contributed by atoms with E-state index in [9.17, 15) is 27.6 Å². The molecule has 0 saturated carbocycles. The number of nitrogens with one attached hydrogen (secondary N) is 1. The van der Waals surface area contributed by atoms with Gasteiger partial charge < -0.3 is 15.1 Å². The van der Waals surface area contributed by atoms with E-state index in [1.165, 1.54) is 11.8 Å². The summed E-state index contributed by atoms with van der Waals surface area (Å²) in [6.45, 7) is 4.06. The van der Waals surface area contributed by atoms with Gasteiger partial charge >= 0.3 is 6.18 Å². The molecule has 0 spiro atoms. The fourth-order valence-corrected chi connectivity index (χ4v) is 2.75. The number of carbonyl (C=O) groups is 3. The first-order chi connectivity index (χ1) is 12.1. The molecule has 26 heavy (non-hydrogen) atoms. The minimum Gasteiger partial charge on any atom is -0.345 e. The topological polar surface area (TPSA) is 69.7 Å². The van der Waals surface area contributed by atoms with Gasteiger partial charge in [0.25, 0.3) is 5.91 Å². The van der Waals surface area contributed by atoms with Crippen molar-refractivity contribution < 1.29 is 27.6 Å². The summed E-state index contributed by atoms with van der Waals surface area (Å²) in [5.41, 5.74) is -0.638. The molecule has 3 amide bonds. The number of hydrogen-bond donors (Lipinski definition) is 1. The molecule has 142 valence electrons. The Morgan fingerprint density at radius 2 is 1.50 bits per heavy atom. The Morgan fingerprint density at radius 3 is 1.96 bits per heavy atom. The van der Waals surface area contributed by atoms with E-state index in [0.717, 1.165) is 24.3 Å². The van der Waals surface area contributed by atoms with Crippen LogP contribution in [0.2, 0.25) is 0 Å². The lowest BCUT2D eigenvalue weighted by Crippen LogP contribution is -2.55. The van der Waals surface area contributed by atoms with Crippen LogP contribution in [0.4, 0.5) is 13.2 Å². The quantitative estimate of drug-likeness (QED) is 0.876. The number of piperazine rings is 1. The molecule has 1 atom stereocenters. The van der Waals surface area contributed by atoms with E-state index in [4.69, 9.17) is 0 Å². The molecule has 0 bridgehead atoms. The predicted octanol–water partition coefficient (Wildman–Crippen LogP) is 1.51. The predicted molar refractivity (Wildman–Crippen MR) is 87.2 cm³/mol. The maximum atomic E-state index is 12.6. The monoisotopic (exact) mass is 371 g/mol. The van der Waals surface area contributed by atoms with E-state index in [0.29, 0.717) is 13.1 Å². The van der Waals surface area contributed by atoms with Gasteiger partial charge in [0, 0.05) is 38.7 Å². The van der Waals surface area contributed by atoms with Crippen LogP contribution in [0.15, 0.2) is 24.3 Å². The van der Waals surface area contributed by atoms with Crippen LogP contribution >= 0.6 is 0 Å².